The number of nitrogens with one attached hydrogen (secondary N) is 1. The Morgan fingerprint density at radius 2 is 1.89 bits per heavy atom. The molecule has 9 nitrogen and oxygen atoms in total. The number of carbonyl (C=O) groups is 2. The molecule has 0 saturated carbocycles. The zero-order valence-corrected chi connectivity index (χ0v) is 14.3. The number of carbonyl (C=O) groups excluding carboxylic acids is 2. The molecule has 3 rings (SSSR count). The second-order valence-corrected chi connectivity index (χ2v) is 5.70. The van der Waals surface area contributed by atoms with Crippen molar-refractivity contribution >= 4 is 23.3 Å². The van der Waals surface area contributed by atoms with Crippen molar-refractivity contribution in [2.24, 2.45) is 0 Å². The zero-order chi connectivity index (χ0) is 19.4. The number of nitro groups is 1. The molecular formula is C18H16N2O7. The number of amides is 1. The van der Waals surface area contributed by atoms with Crippen molar-refractivity contribution < 1.29 is 28.7 Å². The molecule has 2 aromatic rings. The van der Waals surface area contributed by atoms with E-state index in [1.807, 2.05) is 0 Å². The van der Waals surface area contributed by atoms with E-state index in [-0.39, 0.29) is 16.9 Å². The van der Waals surface area contributed by atoms with Gasteiger partial charge in [0, 0.05) is 17.8 Å². The average Bonchev–Trinajstić information content (AvgIpc) is 2.67. The van der Waals surface area contributed by atoms with Crippen LogP contribution in [0.25, 0.3) is 0 Å². The van der Waals surface area contributed by atoms with E-state index in [1.54, 1.807) is 6.07 Å². The van der Waals surface area contributed by atoms with Gasteiger partial charge in [-0.2, -0.15) is 0 Å². The Morgan fingerprint density at radius 3 is 2.63 bits per heavy atom. The van der Waals surface area contributed by atoms with Crippen LogP contribution in [-0.2, 0) is 9.53 Å². The molecule has 0 aliphatic carbocycles. The average molecular weight is 372 g/mol. The molecule has 1 unspecified atom stereocenters. The van der Waals surface area contributed by atoms with E-state index in [0.29, 0.717) is 24.7 Å². The molecule has 0 fully saturated rings. The van der Waals surface area contributed by atoms with E-state index >= 15 is 0 Å². The summed E-state index contributed by atoms with van der Waals surface area (Å²) in [6, 6.07) is 10.1. The summed E-state index contributed by atoms with van der Waals surface area (Å²) in [4.78, 5) is 34.7. The molecule has 9 heteroatoms. The molecule has 0 bridgehead atoms. The van der Waals surface area contributed by atoms with Gasteiger partial charge in [0.1, 0.15) is 13.2 Å². The van der Waals surface area contributed by atoms with Gasteiger partial charge in [-0.15, -0.1) is 0 Å². The van der Waals surface area contributed by atoms with Gasteiger partial charge in [-0.3, -0.25) is 14.9 Å². The third-order valence-electron chi connectivity index (χ3n) is 3.76. The number of hydrogen-bond acceptors (Lipinski definition) is 7. The highest BCUT2D eigenvalue weighted by Gasteiger charge is 2.21. The Balaban J connectivity index is 1.63. The molecule has 0 spiro atoms. The third-order valence-corrected chi connectivity index (χ3v) is 3.76. The van der Waals surface area contributed by atoms with Crippen LogP contribution in [0.3, 0.4) is 0 Å². The molecule has 0 radical (unpaired) electrons. The summed E-state index contributed by atoms with van der Waals surface area (Å²) in [6.45, 7) is 2.22. The van der Waals surface area contributed by atoms with Crippen LogP contribution >= 0.6 is 0 Å². The van der Waals surface area contributed by atoms with Crippen molar-refractivity contribution in [2.75, 3.05) is 18.5 Å². The van der Waals surface area contributed by atoms with Gasteiger partial charge in [-0.25, -0.2) is 4.79 Å². The van der Waals surface area contributed by atoms with Gasteiger partial charge in [-0.1, -0.05) is 6.07 Å². The second kappa shape index (κ2) is 7.73. The van der Waals surface area contributed by atoms with Gasteiger partial charge in [-0.05, 0) is 31.2 Å². The zero-order valence-electron chi connectivity index (χ0n) is 14.3. The number of ether oxygens (including phenoxy) is 3. The standard InChI is InChI=1S/C18H16N2O7/c1-11(17(21)19-13-3-2-4-14(10-13)20(23)24)27-18(22)12-5-6-15-16(9-12)26-8-7-25-15/h2-6,9-11H,7-8H2,1H3,(H,19,21). The van der Waals surface area contributed by atoms with Crippen molar-refractivity contribution in [3.05, 3.63) is 58.1 Å². The maximum absolute atomic E-state index is 12.3. The maximum atomic E-state index is 12.3. The predicted octanol–water partition coefficient (Wildman–Crippen LogP) is 2.55. The van der Waals surface area contributed by atoms with Gasteiger partial charge in [0.2, 0.25) is 0 Å². The Hall–Kier alpha value is -3.62. The number of fused-ring (bicyclic) bond motifs is 1. The molecule has 1 heterocycles. The van der Waals surface area contributed by atoms with E-state index in [0.717, 1.165) is 0 Å². The van der Waals surface area contributed by atoms with Crippen LogP contribution in [0.1, 0.15) is 17.3 Å². The molecule has 0 aromatic heterocycles. The minimum atomic E-state index is -1.11. The molecule has 27 heavy (non-hydrogen) atoms. The minimum absolute atomic E-state index is 0.159. The first kappa shape index (κ1) is 18.2. The predicted molar refractivity (Wildman–Crippen MR) is 94.0 cm³/mol. The highest BCUT2D eigenvalue weighted by atomic mass is 16.6. The molecule has 2 aromatic carbocycles. The summed E-state index contributed by atoms with van der Waals surface area (Å²) < 4.78 is 15.9. The third kappa shape index (κ3) is 4.32. The van der Waals surface area contributed by atoms with E-state index in [2.05, 4.69) is 5.32 Å². The fourth-order valence-electron chi connectivity index (χ4n) is 2.39. The number of non-ortho nitro benzene ring substituents is 1. The second-order valence-electron chi connectivity index (χ2n) is 5.70. The first-order valence-electron chi connectivity index (χ1n) is 8.10. The number of anilines is 1. The Kier molecular flexibility index (Phi) is 5.20. The SMILES string of the molecule is CC(OC(=O)c1ccc2c(c1)OCCO2)C(=O)Nc1cccc([N+](=O)[O-])c1. The molecule has 1 atom stereocenters. The van der Waals surface area contributed by atoms with Crippen LogP contribution in [0.4, 0.5) is 11.4 Å². The quantitative estimate of drug-likeness (QED) is 0.487. The Morgan fingerprint density at radius 1 is 1.15 bits per heavy atom. The number of hydrogen-bond donors (Lipinski definition) is 1. The van der Waals surface area contributed by atoms with Gasteiger partial charge in [0.15, 0.2) is 17.6 Å². The molecular weight excluding hydrogens is 356 g/mol. The highest BCUT2D eigenvalue weighted by molar-refractivity contribution is 5.97. The minimum Gasteiger partial charge on any atom is -0.486 e. The first-order chi connectivity index (χ1) is 12.9. The molecule has 1 N–H and O–H groups in total. The monoisotopic (exact) mass is 372 g/mol. The van der Waals surface area contributed by atoms with Gasteiger partial charge in [0.05, 0.1) is 10.5 Å². The number of esters is 1. The fraction of sp³-hybridized carbons (Fsp3) is 0.222. The largest absolute Gasteiger partial charge is 0.486 e. The summed E-state index contributed by atoms with van der Waals surface area (Å²) in [7, 11) is 0. The van der Waals surface area contributed by atoms with E-state index in [1.165, 1.54) is 43.3 Å². The van der Waals surface area contributed by atoms with Crippen LogP contribution in [-0.4, -0.2) is 36.1 Å². The van der Waals surface area contributed by atoms with Crippen molar-refractivity contribution in [1.82, 2.24) is 0 Å². The number of benzene rings is 2. The van der Waals surface area contributed by atoms with Crippen molar-refractivity contribution in [2.45, 2.75) is 13.0 Å². The van der Waals surface area contributed by atoms with Crippen LogP contribution in [0, 0.1) is 10.1 Å². The van der Waals surface area contributed by atoms with E-state index in [4.69, 9.17) is 14.2 Å². The summed E-state index contributed by atoms with van der Waals surface area (Å²) >= 11 is 0. The van der Waals surface area contributed by atoms with E-state index in [9.17, 15) is 19.7 Å². The smallest absolute Gasteiger partial charge is 0.339 e. The number of nitro benzene ring substituents is 1. The summed E-state index contributed by atoms with van der Waals surface area (Å²) in [5.74, 6) is -0.339. The van der Waals surface area contributed by atoms with Crippen molar-refractivity contribution in [1.29, 1.82) is 0 Å². The Bertz CT molecular complexity index is 897. The lowest BCUT2D eigenvalue weighted by atomic mass is 10.2. The summed E-state index contributed by atoms with van der Waals surface area (Å²) in [6.07, 6.45) is -1.11. The van der Waals surface area contributed by atoms with E-state index < -0.39 is 22.9 Å². The first-order valence-corrected chi connectivity index (χ1v) is 8.10. The molecule has 1 aliphatic rings. The lowest BCUT2D eigenvalue weighted by molar-refractivity contribution is -0.384. The molecule has 1 amide bonds. The van der Waals surface area contributed by atoms with Crippen LogP contribution in [0.15, 0.2) is 42.5 Å². The maximum Gasteiger partial charge on any atom is 0.339 e. The number of rotatable bonds is 5. The summed E-state index contributed by atoms with van der Waals surface area (Å²) in [5.41, 5.74) is 0.291. The van der Waals surface area contributed by atoms with Crippen molar-refractivity contribution in [3.8, 4) is 11.5 Å². The van der Waals surface area contributed by atoms with Gasteiger partial charge in [0.25, 0.3) is 11.6 Å². The topological polar surface area (TPSA) is 117 Å². The lowest BCUT2D eigenvalue weighted by Gasteiger charge is -2.19. The van der Waals surface area contributed by atoms with Crippen LogP contribution in [0.5, 0.6) is 11.5 Å². The van der Waals surface area contributed by atoms with Crippen LogP contribution in [0.2, 0.25) is 0 Å². The van der Waals surface area contributed by atoms with Crippen molar-refractivity contribution in [3.63, 3.8) is 0 Å². The molecule has 0 saturated heterocycles. The Labute approximate surface area is 154 Å². The molecule has 140 valence electrons. The number of nitrogens with zero attached hydrogens (tertiary/aromatic N) is 1. The highest BCUT2D eigenvalue weighted by Crippen LogP contribution is 2.31. The van der Waals surface area contributed by atoms with Gasteiger partial charge < -0.3 is 19.5 Å². The normalized spacial score (nSPS) is 13.4. The van der Waals surface area contributed by atoms with Crippen LogP contribution < -0.4 is 14.8 Å². The molecule has 1 aliphatic heterocycles. The lowest BCUT2D eigenvalue weighted by Crippen LogP contribution is -2.30. The fourth-order valence-corrected chi connectivity index (χ4v) is 2.39. The van der Waals surface area contributed by atoms with Gasteiger partial charge >= 0.3 is 5.97 Å². The summed E-state index contributed by atoms with van der Waals surface area (Å²) in [5, 5.41) is 13.3.